The fourth-order valence-corrected chi connectivity index (χ4v) is 3.74. The fourth-order valence-electron chi connectivity index (χ4n) is 3.74. The van der Waals surface area contributed by atoms with E-state index in [1.165, 1.54) is 0 Å². The van der Waals surface area contributed by atoms with Gasteiger partial charge in [0.25, 0.3) is 0 Å². The molecule has 32 heavy (non-hydrogen) atoms. The average molecular weight is 441 g/mol. The van der Waals surface area contributed by atoms with Crippen LogP contribution in [0.2, 0.25) is 0 Å². The second-order valence-corrected chi connectivity index (χ2v) is 8.29. The molecule has 0 aliphatic rings. The fraction of sp³-hybridized carbons (Fsp3) is 0.462. The molecule has 2 aromatic rings. The summed E-state index contributed by atoms with van der Waals surface area (Å²) in [5.41, 5.74) is 3.12. The highest BCUT2D eigenvalue weighted by atomic mass is 16.5. The maximum absolute atomic E-state index is 13.4. The Kier molecular flexibility index (Phi) is 9.57. The molecule has 0 heterocycles. The van der Waals surface area contributed by atoms with E-state index >= 15 is 0 Å². The molecule has 0 saturated heterocycles. The van der Waals surface area contributed by atoms with Gasteiger partial charge in [0.15, 0.2) is 11.5 Å². The van der Waals surface area contributed by atoms with Gasteiger partial charge in [-0.05, 0) is 56.9 Å². The second-order valence-electron chi connectivity index (χ2n) is 8.29. The maximum Gasteiger partial charge on any atom is 0.243 e. The number of rotatable bonds is 11. The van der Waals surface area contributed by atoms with Crippen molar-refractivity contribution in [2.75, 3.05) is 14.2 Å². The van der Waals surface area contributed by atoms with E-state index < -0.39 is 6.04 Å². The third-order valence-electron chi connectivity index (χ3n) is 5.33. The minimum absolute atomic E-state index is 0.0132. The van der Waals surface area contributed by atoms with Crippen molar-refractivity contribution in [3.05, 3.63) is 59.2 Å². The van der Waals surface area contributed by atoms with E-state index in [4.69, 9.17) is 9.47 Å². The predicted octanol–water partition coefficient (Wildman–Crippen LogP) is 4.28. The molecule has 0 unspecified atom stereocenters. The third-order valence-corrected chi connectivity index (χ3v) is 5.33. The van der Waals surface area contributed by atoms with Gasteiger partial charge in [0, 0.05) is 19.0 Å². The number of amides is 2. The van der Waals surface area contributed by atoms with Crippen LogP contribution in [0.25, 0.3) is 0 Å². The molecule has 0 spiro atoms. The van der Waals surface area contributed by atoms with Gasteiger partial charge >= 0.3 is 0 Å². The van der Waals surface area contributed by atoms with Gasteiger partial charge in [-0.1, -0.05) is 42.8 Å². The van der Waals surface area contributed by atoms with Crippen molar-refractivity contribution < 1.29 is 19.1 Å². The summed E-state index contributed by atoms with van der Waals surface area (Å²) < 4.78 is 10.7. The van der Waals surface area contributed by atoms with Crippen molar-refractivity contribution in [3.63, 3.8) is 0 Å². The summed E-state index contributed by atoms with van der Waals surface area (Å²) in [5, 5.41) is 2.96. The zero-order valence-corrected chi connectivity index (χ0v) is 20.1. The van der Waals surface area contributed by atoms with Gasteiger partial charge in [-0.2, -0.15) is 0 Å². The molecule has 0 bridgehead atoms. The lowest BCUT2D eigenvalue weighted by Crippen LogP contribution is -2.50. The van der Waals surface area contributed by atoms with E-state index in [9.17, 15) is 9.59 Å². The Labute approximate surface area is 191 Å². The number of carbonyl (C=O) groups excluding carboxylic acids is 2. The molecule has 6 nitrogen and oxygen atoms in total. The van der Waals surface area contributed by atoms with Gasteiger partial charge in [0.05, 0.1) is 14.2 Å². The number of hydrogen-bond acceptors (Lipinski definition) is 4. The van der Waals surface area contributed by atoms with E-state index in [0.29, 0.717) is 37.3 Å². The SMILES string of the molecule is CC[C@H](C(=O)NC(C)C)N(Cc1cccc(C)c1)C(=O)CCc1ccc(OC)c(OC)c1. The highest BCUT2D eigenvalue weighted by Gasteiger charge is 2.28. The van der Waals surface area contributed by atoms with E-state index in [-0.39, 0.29) is 17.9 Å². The Bertz CT molecular complexity index is 910. The first-order valence-corrected chi connectivity index (χ1v) is 11.1. The molecule has 2 rings (SSSR count). The van der Waals surface area contributed by atoms with Crippen molar-refractivity contribution in [2.24, 2.45) is 0 Å². The summed E-state index contributed by atoms with van der Waals surface area (Å²) in [6, 6.07) is 13.2. The molecule has 0 fully saturated rings. The Morgan fingerprint density at radius 3 is 2.31 bits per heavy atom. The molecule has 6 heteroatoms. The monoisotopic (exact) mass is 440 g/mol. The molecule has 1 atom stereocenters. The lowest BCUT2D eigenvalue weighted by Gasteiger charge is -2.31. The van der Waals surface area contributed by atoms with E-state index in [1.54, 1.807) is 19.1 Å². The summed E-state index contributed by atoms with van der Waals surface area (Å²) >= 11 is 0. The third kappa shape index (κ3) is 7.01. The molecular formula is C26H36N2O4. The van der Waals surface area contributed by atoms with E-state index in [0.717, 1.165) is 16.7 Å². The maximum atomic E-state index is 13.4. The van der Waals surface area contributed by atoms with Crippen molar-refractivity contribution in [1.29, 1.82) is 0 Å². The number of hydrogen-bond donors (Lipinski definition) is 1. The first kappa shape index (κ1) is 25.2. The zero-order chi connectivity index (χ0) is 23.7. The van der Waals surface area contributed by atoms with Crippen LogP contribution in [0.1, 0.15) is 50.3 Å². The first-order chi connectivity index (χ1) is 15.3. The summed E-state index contributed by atoms with van der Waals surface area (Å²) in [5.74, 6) is 1.12. The van der Waals surface area contributed by atoms with Crippen molar-refractivity contribution in [3.8, 4) is 11.5 Å². The van der Waals surface area contributed by atoms with E-state index in [2.05, 4.69) is 11.4 Å². The number of carbonyl (C=O) groups is 2. The molecule has 0 aliphatic heterocycles. The minimum atomic E-state index is -0.518. The number of methoxy groups -OCH3 is 2. The van der Waals surface area contributed by atoms with Crippen LogP contribution >= 0.6 is 0 Å². The van der Waals surface area contributed by atoms with Gasteiger partial charge in [-0.15, -0.1) is 0 Å². The van der Waals surface area contributed by atoms with Crippen molar-refractivity contribution in [2.45, 2.75) is 65.6 Å². The molecule has 0 aliphatic carbocycles. The van der Waals surface area contributed by atoms with Gasteiger partial charge in [-0.25, -0.2) is 0 Å². The van der Waals surface area contributed by atoms with Crippen LogP contribution in [-0.2, 0) is 22.6 Å². The number of ether oxygens (including phenoxy) is 2. The molecule has 0 radical (unpaired) electrons. The number of aryl methyl sites for hydroxylation is 2. The summed E-state index contributed by atoms with van der Waals surface area (Å²) in [7, 11) is 3.19. The Hall–Kier alpha value is -3.02. The highest BCUT2D eigenvalue weighted by molar-refractivity contribution is 5.87. The Morgan fingerprint density at radius 2 is 1.72 bits per heavy atom. The number of nitrogens with one attached hydrogen (secondary N) is 1. The summed E-state index contributed by atoms with van der Waals surface area (Å²) in [4.78, 5) is 28.0. The van der Waals surface area contributed by atoms with Gasteiger partial charge in [-0.3, -0.25) is 9.59 Å². The van der Waals surface area contributed by atoms with Gasteiger partial charge < -0.3 is 19.7 Å². The zero-order valence-electron chi connectivity index (χ0n) is 20.1. The molecule has 174 valence electrons. The largest absolute Gasteiger partial charge is 0.493 e. The molecular weight excluding hydrogens is 404 g/mol. The normalized spacial score (nSPS) is 11.7. The minimum Gasteiger partial charge on any atom is -0.493 e. The summed E-state index contributed by atoms with van der Waals surface area (Å²) in [6.45, 7) is 8.21. The van der Waals surface area contributed by atoms with Crippen LogP contribution in [-0.4, -0.2) is 43.0 Å². The molecule has 0 saturated carbocycles. The second kappa shape index (κ2) is 12.1. The predicted molar refractivity (Wildman–Crippen MR) is 127 cm³/mol. The lowest BCUT2D eigenvalue weighted by atomic mass is 10.0. The molecule has 1 N–H and O–H groups in total. The average Bonchev–Trinajstić information content (AvgIpc) is 2.76. The van der Waals surface area contributed by atoms with Crippen LogP contribution in [0.5, 0.6) is 11.5 Å². The van der Waals surface area contributed by atoms with Gasteiger partial charge in [0.1, 0.15) is 6.04 Å². The Balaban J connectivity index is 2.23. The summed E-state index contributed by atoms with van der Waals surface area (Å²) in [6.07, 6.45) is 1.39. The first-order valence-electron chi connectivity index (χ1n) is 11.1. The van der Waals surface area contributed by atoms with Crippen LogP contribution in [0.3, 0.4) is 0 Å². The van der Waals surface area contributed by atoms with Crippen LogP contribution in [0, 0.1) is 6.92 Å². The molecule has 0 aromatic heterocycles. The van der Waals surface area contributed by atoms with Crippen LogP contribution in [0.15, 0.2) is 42.5 Å². The smallest absolute Gasteiger partial charge is 0.243 e. The number of nitrogens with zero attached hydrogens (tertiary/aromatic N) is 1. The van der Waals surface area contributed by atoms with Crippen molar-refractivity contribution >= 4 is 11.8 Å². The molecule has 2 aromatic carbocycles. The Morgan fingerprint density at radius 1 is 1.00 bits per heavy atom. The standard InChI is InChI=1S/C26H36N2O4/c1-7-22(26(30)27-18(2)3)28(17-21-10-8-9-19(4)15-21)25(29)14-12-20-11-13-23(31-5)24(16-20)32-6/h8-11,13,15-16,18,22H,7,12,14,17H2,1-6H3,(H,27,30)/t22-/m1/s1. The van der Waals surface area contributed by atoms with E-state index in [1.807, 2.05) is 64.1 Å². The van der Waals surface area contributed by atoms with Gasteiger partial charge in [0.2, 0.25) is 11.8 Å². The molecule has 2 amide bonds. The van der Waals surface area contributed by atoms with Crippen molar-refractivity contribution in [1.82, 2.24) is 10.2 Å². The van der Waals surface area contributed by atoms with Crippen LogP contribution in [0.4, 0.5) is 0 Å². The topological polar surface area (TPSA) is 67.9 Å². The highest BCUT2D eigenvalue weighted by Crippen LogP contribution is 2.28. The number of benzene rings is 2. The quantitative estimate of drug-likeness (QED) is 0.566. The van der Waals surface area contributed by atoms with Crippen LogP contribution < -0.4 is 14.8 Å². The lowest BCUT2D eigenvalue weighted by molar-refractivity contribution is -0.141.